The lowest BCUT2D eigenvalue weighted by atomic mass is 10.1. The van der Waals surface area contributed by atoms with Crippen molar-refractivity contribution in [2.45, 2.75) is 13.5 Å². The number of rotatable bonds is 2. The summed E-state index contributed by atoms with van der Waals surface area (Å²) in [5.74, 6) is 1.03. The number of hydrogen-bond acceptors (Lipinski definition) is 2. The predicted octanol–water partition coefficient (Wildman–Crippen LogP) is 3.94. The second-order valence-electron chi connectivity index (χ2n) is 5.23. The van der Waals surface area contributed by atoms with Crippen molar-refractivity contribution in [2.75, 3.05) is 0 Å². The Morgan fingerprint density at radius 2 is 1.81 bits per heavy atom. The molecule has 2 aromatic heterocycles. The highest BCUT2D eigenvalue weighted by atomic mass is 15.1. The Bertz CT molecular complexity index is 932. The lowest BCUT2D eigenvalue weighted by molar-refractivity contribution is 0.789. The summed E-state index contributed by atoms with van der Waals surface area (Å²) in [5, 5.41) is 1.18. The summed E-state index contributed by atoms with van der Waals surface area (Å²) in [5.41, 5.74) is 4.50. The second kappa shape index (κ2) is 4.70. The molecule has 0 bridgehead atoms. The summed E-state index contributed by atoms with van der Waals surface area (Å²) in [6.07, 6.45) is 1.85. The van der Waals surface area contributed by atoms with Crippen molar-refractivity contribution in [3.05, 3.63) is 72.2 Å². The van der Waals surface area contributed by atoms with E-state index in [0.717, 1.165) is 23.4 Å². The summed E-state index contributed by atoms with van der Waals surface area (Å²) in [4.78, 5) is 9.17. The van der Waals surface area contributed by atoms with E-state index >= 15 is 0 Å². The molecule has 3 heteroatoms. The van der Waals surface area contributed by atoms with Gasteiger partial charge in [0.1, 0.15) is 5.82 Å². The van der Waals surface area contributed by atoms with Gasteiger partial charge in [-0.2, -0.15) is 0 Å². The van der Waals surface area contributed by atoms with Crippen molar-refractivity contribution in [3.63, 3.8) is 0 Å². The van der Waals surface area contributed by atoms with Gasteiger partial charge in [0.25, 0.3) is 0 Å². The smallest absolute Gasteiger partial charge is 0.107 e. The highest BCUT2D eigenvalue weighted by molar-refractivity contribution is 5.82. The molecule has 0 aliphatic heterocycles. The predicted molar refractivity (Wildman–Crippen MR) is 85.3 cm³/mol. The molecule has 0 saturated carbocycles. The fourth-order valence-corrected chi connectivity index (χ4v) is 2.86. The third-order valence-electron chi connectivity index (χ3n) is 3.89. The number of pyridine rings is 1. The van der Waals surface area contributed by atoms with Crippen molar-refractivity contribution in [2.24, 2.45) is 0 Å². The average molecular weight is 273 g/mol. The molecule has 4 aromatic rings. The Balaban J connectivity index is 1.89. The van der Waals surface area contributed by atoms with Crippen LogP contribution in [0.4, 0.5) is 0 Å². The van der Waals surface area contributed by atoms with Gasteiger partial charge in [0, 0.05) is 11.6 Å². The van der Waals surface area contributed by atoms with Gasteiger partial charge in [-0.3, -0.25) is 4.98 Å². The summed E-state index contributed by atoms with van der Waals surface area (Å²) < 4.78 is 2.25. The molecule has 0 unspecified atom stereocenters. The molecule has 0 fully saturated rings. The van der Waals surface area contributed by atoms with Crippen molar-refractivity contribution < 1.29 is 0 Å². The van der Waals surface area contributed by atoms with E-state index in [4.69, 9.17) is 0 Å². The summed E-state index contributed by atoms with van der Waals surface area (Å²) in [6, 6.07) is 18.7. The number of hydrogen-bond donors (Lipinski definition) is 0. The van der Waals surface area contributed by atoms with Crippen molar-refractivity contribution in [1.82, 2.24) is 14.5 Å². The summed E-state index contributed by atoms with van der Waals surface area (Å²) >= 11 is 0. The number of fused-ring (bicyclic) bond motifs is 2. The second-order valence-corrected chi connectivity index (χ2v) is 5.23. The molecule has 0 atom stereocenters. The molecule has 3 nitrogen and oxygen atoms in total. The van der Waals surface area contributed by atoms with Gasteiger partial charge in [0.15, 0.2) is 0 Å². The third kappa shape index (κ3) is 1.98. The van der Waals surface area contributed by atoms with E-state index in [1.165, 1.54) is 16.5 Å². The highest BCUT2D eigenvalue weighted by Gasteiger charge is 2.09. The SMILES string of the molecule is Cc1nc2ccccc2n1Cc1cccc2cccnc12. The van der Waals surface area contributed by atoms with Gasteiger partial charge in [-0.25, -0.2) is 4.98 Å². The topological polar surface area (TPSA) is 30.7 Å². The molecule has 2 aromatic carbocycles. The van der Waals surface area contributed by atoms with E-state index < -0.39 is 0 Å². The lowest BCUT2D eigenvalue weighted by Crippen LogP contribution is -2.03. The molecule has 0 saturated heterocycles. The molecule has 0 spiro atoms. The molecular formula is C18H15N3. The van der Waals surface area contributed by atoms with Crippen LogP contribution < -0.4 is 0 Å². The molecule has 2 heterocycles. The molecule has 0 aliphatic rings. The van der Waals surface area contributed by atoms with Crippen LogP contribution in [-0.4, -0.2) is 14.5 Å². The molecule has 0 radical (unpaired) electrons. The number of aromatic nitrogens is 3. The van der Waals surface area contributed by atoms with Gasteiger partial charge in [0.2, 0.25) is 0 Å². The molecule has 102 valence electrons. The van der Waals surface area contributed by atoms with Crippen molar-refractivity contribution >= 4 is 21.9 Å². The van der Waals surface area contributed by atoms with Crippen molar-refractivity contribution in [3.8, 4) is 0 Å². The van der Waals surface area contributed by atoms with E-state index in [2.05, 4.69) is 63.9 Å². The molecule has 0 amide bonds. The van der Waals surface area contributed by atoms with Crippen LogP contribution in [0.3, 0.4) is 0 Å². The maximum Gasteiger partial charge on any atom is 0.107 e. The zero-order chi connectivity index (χ0) is 14.2. The number of aryl methyl sites for hydroxylation is 1. The molecule has 0 N–H and O–H groups in total. The Kier molecular flexibility index (Phi) is 2.71. The maximum atomic E-state index is 4.63. The minimum absolute atomic E-state index is 0.792. The maximum absolute atomic E-state index is 4.63. The van der Waals surface area contributed by atoms with Crippen LogP contribution in [0, 0.1) is 6.92 Å². The van der Waals surface area contributed by atoms with Crippen LogP contribution in [0.15, 0.2) is 60.8 Å². The minimum Gasteiger partial charge on any atom is -0.324 e. The Hall–Kier alpha value is -2.68. The fraction of sp³-hybridized carbons (Fsp3) is 0.111. The van der Waals surface area contributed by atoms with Gasteiger partial charge < -0.3 is 4.57 Å². The number of nitrogens with zero attached hydrogens (tertiary/aromatic N) is 3. The van der Waals surface area contributed by atoms with Gasteiger partial charge in [-0.05, 0) is 30.7 Å². The normalized spacial score (nSPS) is 11.3. The van der Waals surface area contributed by atoms with Crippen LogP contribution in [0.5, 0.6) is 0 Å². The van der Waals surface area contributed by atoms with E-state index in [1.54, 1.807) is 0 Å². The average Bonchev–Trinajstić information content (AvgIpc) is 2.84. The van der Waals surface area contributed by atoms with E-state index in [9.17, 15) is 0 Å². The Morgan fingerprint density at radius 3 is 2.76 bits per heavy atom. The van der Waals surface area contributed by atoms with Gasteiger partial charge >= 0.3 is 0 Å². The Labute approximate surface area is 122 Å². The lowest BCUT2D eigenvalue weighted by Gasteiger charge is -2.09. The first-order valence-corrected chi connectivity index (χ1v) is 7.07. The molecular weight excluding hydrogens is 258 g/mol. The van der Waals surface area contributed by atoms with E-state index in [-0.39, 0.29) is 0 Å². The first-order valence-electron chi connectivity index (χ1n) is 7.07. The fourth-order valence-electron chi connectivity index (χ4n) is 2.86. The third-order valence-corrected chi connectivity index (χ3v) is 3.89. The minimum atomic E-state index is 0.792. The zero-order valence-electron chi connectivity index (χ0n) is 11.8. The van der Waals surface area contributed by atoms with Crippen LogP contribution in [0.1, 0.15) is 11.4 Å². The van der Waals surface area contributed by atoms with E-state index in [0.29, 0.717) is 0 Å². The number of para-hydroxylation sites is 3. The van der Waals surface area contributed by atoms with Crippen LogP contribution >= 0.6 is 0 Å². The Morgan fingerprint density at radius 1 is 0.952 bits per heavy atom. The first kappa shape index (κ1) is 12.1. The van der Waals surface area contributed by atoms with Gasteiger partial charge in [-0.1, -0.05) is 36.4 Å². The summed E-state index contributed by atoms with van der Waals surface area (Å²) in [6.45, 7) is 2.85. The standard InChI is InChI=1S/C18H15N3/c1-13-20-16-9-2-3-10-17(16)21(13)12-15-7-4-6-14-8-5-11-19-18(14)15/h2-11H,12H2,1H3. The monoisotopic (exact) mass is 273 g/mol. The highest BCUT2D eigenvalue weighted by Crippen LogP contribution is 2.21. The number of benzene rings is 2. The van der Waals surface area contributed by atoms with Crippen molar-refractivity contribution in [1.29, 1.82) is 0 Å². The molecule has 21 heavy (non-hydrogen) atoms. The zero-order valence-corrected chi connectivity index (χ0v) is 11.8. The molecule has 4 rings (SSSR count). The largest absolute Gasteiger partial charge is 0.324 e. The molecule has 0 aliphatic carbocycles. The van der Waals surface area contributed by atoms with Gasteiger partial charge in [-0.15, -0.1) is 0 Å². The number of imidazole rings is 1. The summed E-state index contributed by atoms with van der Waals surface area (Å²) in [7, 11) is 0. The van der Waals surface area contributed by atoms with Crippen LogP contribution in [0.25, 0.3) is 21.9 Å². The van der Waals surface area contributed by atoms with Crippen LogP contribution in [-0.2, 0) is 6.54 Å². The van der Waals surface area contributed by atoms with Crippen LogP contribution in [0.2, 0.25) is 0 Å². The van der Waals surface area contributed by atoms with E-state index in [1.807, 2.05) is 18.3 Å². The van der Waals surface area contributed by atoms with Gasteiger partial charge in [0.05, 0.1) is 23.1 Å². The quantitative estimate of drug-likeness (QED) is 0.554. The first-order chi connectivity index (χ1) is 10.3.